The van der Waals surface area contributed by atoms with Gasteiger partial charge in [-0.3, -0.25) is 4.79 Å². The van der Waals surface area contributed by atoms with Crippen molar-refractivity contribution in [3.05, 3.63) is 69.7 Å². The summed E-state index contributed by atoms with van der Waals surface area (Å²) in [4.78, 5) is 12.6. The van der Waals surface area contributed by atoms with E-state index in [0.29, 0.717) is 27.7 Å². The highest BCUT2D eigenvalue weighted by Gasteiger charge is 2.23. The second-order valence-corrected chi connectivity index (χ2v) is 5.84. The zero-order chi connectivity index (χ0) is 17.3. The number of aryl methyl sites for hydroxylation is 1. The maximum atomic E-state index is 13.2. The molecule has 1 amide bonds. The normalized spacial score (nSPS) is 10.7. The lowest BCUT2D eigenvalue weighted by molar-refractivity contribution is 0.102. The van der Waals surface area contributed by atoms with Gasteiger partial charge in [0.05, 0.1) is 10.0 Å². The van der Waals surface area contributed by atoms with E-state index in [9.17, 15) is 9.18 Å². The van der Waals surface area contributed by atoms with Gasteiger partial charge in [-0.05, 0) is 31.2 Å². The minimum absolute atomic E-state index is 0.0823. The van der Waals surface area contributed by atoms with Crippen LogP contribution in [0.5, 0.6) is 0 Å². The Morgan fingerprint density at radius 3 is 2.62 bits per heavy atom. The van der Waals surface area contributed by atoms with Gasteiger partial charge < -0.3 is 9.84 Å². The monoisotopic (exact) mass is 364 g/mol. The average Bonchev–Trinajstić information content (AvgIpc) is 2.93. The van der Waals surface area contributed by atoms with Crippen LogP contribution >= 0.6 is 23.2 Å². The van der Waals surface area contributed by atoms with E-state index in [2.05, 4.69) is 10.5 Å². The fraction of sp³-hybridized carbons (Fsp3) is 0.0588. The summed E-state index contributed by atoms with van der Waals surface area (Å²) >= 11 is 11.9. The molecule has 1 aromatic heterocycles. The number of halogens is 3. The number of benzene rings is 2. The van der Waals surface area contributed by atoms with E-state index in [-0.39, 0.29) is 10.6 Å². The number of carbonyl (C=O) groups is 1. The first-order valence-electron chi connectivity index (χ1n) is 6.95. The predicted molar refractivity (Wildman–Crippen MR) is 91.0 cm³/mol. The van der Waals surface area contributed by atoms with Crippen LogP contribution in [0.3, 0.4) is 0 Å². The van der Waals surface area contributed by atoms with Crippen molar-refractivity contribution in [3.63, 3.8) is 0 Å². The van der Waals surface area contributed by atoms with Crippen molar-refractivity contribution in [2.45, 2.75) is 6.92 Å². The van der Waals surface area contributed by atoms with Gasteiger partial charge >= 0.3 is 0 Å². The third-order valence-corrected chi connectivity index (χ3v) is 4.02. The molecule has 3 aromatic rings. The topological polar surface area (TPSA) is 55.1 Å². The van der Waals surface area contributed by atoms with Gasteiger partial charge in [0.2, 0.25) is 0 Å². The first kappa shape index (κ1) is 16.5. The summed E-state index contributed by atoms with van der Waals surface area (Å²) in [5.74, 6) is -0.672. The Morgan fingerprint density at radius 2 is 1.92 bits per heavy atom. The highest BCUT2D eigenvalue weighted by atomic mass is 35.5. The Kier molecular flexibility index (Phi) is 4.55. The molecule has 0 saturated carbocycles. The number of aromatic nitrogens is 1. The molecule has 0 saturated heterocycles. The molecule has 0 aliphatic heterocycles. The second kappa shape index (κ2) is 6.63. The first-order chi connectivity index (χ1) is 11.5. The molecule has 0 fully saturated rings. The van der Waals surface area contributed by atoms with Gasteiger partial charge in [-0.2, -0.15) is 0 Å². The van der Waals surface area contributed by atoms with E-state index in [1.807, 2.05) is 0 Å². The smallest absolute Gasteiger partial charge is 0.261 e. The molecule has 0 radical (unpaired) electrons. The zero-order valence-corrected chi connectivity index (χ0v) is 14.0. The number of rotatable bonds is 3. The van der Waals surface area contributed by atoms with E-state index < -0.39 is 11.7 Å². The molecule has 24 heavy (non-hydrogen) atoms. The van der Waals surface area contributed by atoms with Crippen LogP contribution in [-0.4, -0.2) is 11.1 Å². The Bertz CT molecular complexity index is 925. The largest absolute Gasteiger partial charge is 0.360 e. The summed E-state index contributed by atoms with van der Waals surface area (Å²) in [6, 6.07) is 10.9. The van der Waals surface area contributed by atoms with Crippen LogP contribution in [0.15, 0.2) is 47.0 Å². The standard InChI is InChI=1S/C17H11Cl2FN2O2/c1-9-15(16(22-24-9)11-4-2-3-5-12(11)18)17(23)21-10-6-7-14(20)13(19)8-10/h2-8H,1H3,(H,21,23). The lowest BCUT2D eigenvalue weighted by Gasteiger charge is -2.07. The summed E-state index contributed by atoms with van der Waals surface area (Å²) in [6.45, 7) is 1.62. The Labute approximate surface area is 147 Å². The minimum Gasteiger partial charge on any atom is -0.360 e. The highest BCUT2D eigenvalue weighted by Crippen LogP contribution is 2.31. The van der Waals surface area contributed by atoms with E-state index >= 15 is 0 Å². The molecule has 2 aromatic carbocycles. The molecule has 0 atom stereocenters. The average molecular weight is 365 g/mol. The summed E-state index contributed by atoms with van der Waals surface area (Å²) in [7, 11) is 0. The van der Waals surface area contributed by atoms with Crippen LogP contribution in [0.25, 0.3) is 11.3 Å². The quantitative estimate of drug-likeness (QED) is 0.681. The Hall–Kier alpha value is -2.37. The third-order valence-electron chi connectivity index (χ3n) is 3.40. The third kappa shape index (κ3) is 3.13. The van der Waals surface area contributed by atoms with E-state index in [0.717, 1.165) is 0 Å². The van der Waals surface area contributed by atoms with Crippen LogP contribution in [0.2, 0.25) is 10.0 Å². The molecule has 0 aliphatic carbocycles. The van der Waals surface area contributed by atoms with Crippen molar-refractivity contribution < 1.29 is 13.7 Å². The molecular weight excluding hydrogens is 354 g/mol. The lowest BCUT2D eigenvalue weighted by atomic mass is 10.1. The molecule has 0 spiro atoms. The highest BCUT2D eigenvalue weighted by molar-refractivity contribution is 6.33. The summed E-state index contributed by atoms with van der Waals surface area (Å²) in [5.41, 5.74) is 1.53. The molecule has 0 bridgehead atoms. The molecule has 122 valence electrons. The molecule has 0 aliphatic rings. The van der Waals surface area contributed by atoms with E-state index in [1.54, 1.807) is 31.2 Å². The molecule has 7 heteroatoms. The predicted octanol–water partition coefficient (Wildman–Crippen LogP) is 5.35. The number of hydrogen-bond donors (Lipinski definition) is 1. The van der Waals surface area contributed by atoms with Crippen molar-refractivity contribution in [1.82, 2.24) is 5.16 Å². The SMILES string of the molecule is Cc1onc(-c2ccccc2Cl)c1C(=O)Nc1ccc(F)c(Cl)c1. The van der Waals surface area contributed by atoms with Crippen LogP contribution in [0.1, 0.15) is 16.1 Å². The molecular formula is C17H11Cl2FN2O2. The van der Waals surface area contributed by atoms with Crippen LogP contribution < -0.4 is 5.32 Å². The van der Waals surface area contributed by atoms with Gasteiger partial charge in [-0.25, -0.2) is 4.39 Å². The maximum Gasteiger partial charge on any atom is 0.261 e. The fourth-order valence-electron chi connectivity index (χ4n) is 2.24. The fourth-order valence-corrected chi connectivity index (χ4v) is 2.65. The van der Waals surface area contributed by atoms with E-state index in [4.69, 9.17) is 27.7 Å². The minimum atomic E-state index is -0.562. The first-order valence-corrected chi connectivity index (χ1v) is 7.70. The van der Waals surface area contributed by atoms with Gasteiger partial charge in [0.1, 0.15) is 22.8 Å². The van der Waals surface area contributed by atoms with Gasteiger partial charge in [0, 0.05) is 11.3 Å². The lowest BCUT2D eigenvalue weighted by Crippen LogP contribution is -2.13. The number of nitrogens with zero attached hydrogens (tertiary/aromatic N) is 1. The Morgan fingerprint density at radius 1 is 1.17 bits per heavy atom. The van der Waals surface area contributed by atoms with Crippen molar-refractivity contribution in [3.8, 4) is 11.3 Å². The van der Waals surface area contributed by atoms with Crippen LogP contribution in [-0.2, 0) is 0 Å². The second-order valence-electron chi connectivity index (χ2n) is 5.03. The van der Waals surface area contributed by atoms with Gasteiger partial charge in [-0.1, -0.05) is 46.6 Å². The molecule has 4 nitrogen and oxygen atoms in total. The zero-order valence-electron chi connectivity index (χ0n) is 12.4. The van der Waals surface area contributed by atoms with Crippen molar-refractivity contribution in [2.75, 3.05) is 5.32 Å². The molecule has 1 heterocycles. The van der Waals surface area contributed by atoms with Crippen molar-refractivity contribution >= 4 is 34.8 Å². The van der Waals surface area contributed by atoms with Gasteiger partial charge in [-0.15, -0.1) is 0 Å². The summed E-state index contributed by atoms with van der Waals surface area (Å²) in [5, 5.41) is 6.95. The van der Waals surface area contributed by atoms with Gasteiger partial charge in [0.15, 0.2) is 0 Å². The van der Waals surface area contributed by atoms with Crippen LogP contribution in [0, 0.1) is 12.7 Å². The summed E-state index contributed by atoms with van der Waals surface area (Å²) in [6.07, 6.45) is 0. The summed E-state index contributed by atoms with van der Waals surface area (Å²) < 4.78 is 18.4. The van der Waals surface area contributed by atoms with E-state index in [1.165, 1.54) is 18.2 Å². The number of carbonyl (C=O) groups excluding carboxylic acids is 1. The van der Waals surface area contributed by atoms with Crippen molar-refractivity contribution in [1.29, 1.82) is 0 Å². The molecule has 0 unspecified atom stereocenters. The number of nitrogens with one attached hydrogen (secondary N) is 1. The number of amides is 1. The maximum absolute atomic E-state index is 13.2. The number of hydrogen-bond acceptors (Lipinski definition) is 3. The molecule has 1 N–H and O–H groups in total. The van der Waals surface area contributed by atoms with Crippen molar-refractivity contribution in [2.24, 2.45) is 0 Å². The van der Waals surface area contributed by atoms with Gasteiger partial charge in [0.25, 0.3) is 5.91 Å². The molecule has 3 rings (SSSR count). The Balaban J connectivity index is 1.97. The number of anilines is 1. The van der Waals surface area contributed by atoms with Crippen LogP contribution in [0.4, 0.5) is 10.1 Å².